The smallest absolute Gasteiger partial charge is 0.415 e. The number of fused-ring (bicyclic) bond motifs is 6. The largest absolute Gasteiger partial charge is 0.481 e. The molecular weight excluding hydrogens is 1940 g/mol. The minimum absolute atomic E-state index is 0.0297. The van der Waals surface area contributed by atoms with E-state index >= 15 is 0 Å². The number of aliphatic carboxylic acids is 1. The zero-order valence-electron chi connectivity index (χ0n) is 81.3. The number of unbranched alkanes of at least 4 members (excludes halogenated alkanes) is 3. The van der Waals surface area contributed by atoms with Gasteiger partial charge in [0.05, 0.1) is 80.6 Å². The van der Waals surface area contributed by atoms with Crippen molar-refractivity contribution in [3.05, 3.63) is 56.9 Å². The number of nitrogens with zero attached hydrogens (tertiary/aromatic N) is 5. The number of primary amides is 1. The Morgan fingerprint density at radius 3 is 2.01 bits per heavy atom. The Labute approximate surface area is 844 Å². The van der Waals surface area contributed by atoms with Crippen molar-refractivity contribution in [3.63, 3.8) is 0 Å². The SMILES string of the molecule is CCOCCOCC(=O)NCCCC[C@H](NC(=O)COCCNC(=O)CC1NC(=O)C2CCCN2C(=O)CNC(=O)C(CCCCN)NC(=O)C(CC(=O)O)NC(=O)CNC(=O)C(CCCCC(=N)N)NC(=O)C(NC(=O)C(CS)NC(C)=O)CSSCC(C(N)=O)NC1=O)C(=O)NCC(=O)O[C@]1(CC)C(=O)OCc2c1cc1n(c2=O)Cc2c-1nc1ccc(OC(=O)N3CCC(N4CCCCC4)CC3)cc1c2CC. The second-order valence-corrected chi connectivity index (χ2v) is 38.3. The van der Waals surface area contributed by atoms with Gasteiger partial charge in [0.15, 0.2) is 0 Å². The number of thiol groups is 1. The zero-order valence-corrected chi connectivity index (χ0v) is 83.8. The maximum Gasteiger partial charge on any atom is 0.415 e. The fraction of sp³-hybridized carbons (Fsp3) is 0.630. The number of amides is 16. The van der Waals surface area contributed by atoms with Gasteiger partial charge in [-0.3, -0.25) is 91.7 Å². The van der Waals surface area contributed by atoms with Gasteiger partial charge in [0.2, 0.25) is 94.2 Å². The number of nitrogens with two attached hydrogens (primary N) is 3. The third-order valence-electron chi connectivity index (χ3n) is 25.0. The van der Waals surface area contributed by atoms with Gasteiger partial charge in [0.1, 0.15) is 86.5 Å². The highest BCUT2D eigenvalue weighted by Gasteiger charge is 2.51. The summed E-state index contributed by atoms with van der Waals surface area (Å²) in [6.07, 6.45) is 4.21. The number of piperidine rings is 2. The number of carbonyl (C=O) groups is 19. The topological polar surface area (TPSA) is 703 Å². The lowest BCUT2D eigenvalue weighted by molar-refractivity contribution is -0.189. The number of cyclic esters (lactones) is 1. The van der Waals surface area contributed by atoms with E-state index in [1.807, 2.05) is 6.92 Å². The first-order valence-electron chi connectivity index (χ1n) is 48.5. The Kier molecular flexibility index (Phi) is 46.4. The summed E-state index contributed by atoms with van der Waals surface area (Å²) in [7, 11) is 1.63. The van der Waals surface area contributed by atoms with Crippen molar-refractivity contribution in [2.45, 2.75) is 242 Å². The number of aromatic nitrogens is 2. The van der Waals surface area contributed by atoms with Gasteiger partial charge in [-0.15, -0.1) is 0 Å². The van der Waals surface area contributed by atoms with E-state index in [1.54, 1.807) is 43.0 Å². The van der Waals surface area contributed by atoms with Gasteiger partial charge < -0.3 is 139 Å². The number of hydrogen-bond acceptors (Lipinski definition) is 33. The molecule has 52 heteroatoms. The van der Waals surface area contributed by atoms with Crippen LogP contribution < -0.4 is 96.6 Å². The third kappa shape index (κ3) is 34.1. The van der Waals surface area contributed by atoms with Crippen LogP contribution in [0.4, 0.5) is 4.79 Å². The number of carboxylic acid groups (broad SMARTS) is 1. The average Bonchev–Trinajstić information content (AvgIpc) is 1.60. The molecule has 6 aliphatic heterocycles. The molecule has 792 valence electrons. The Balaban J connectivity index is 0.880. The standard InChI is InChI=1S/C92H134N22O27S3/c1-5-55-56-38-54(140-91(135)112-33-25-53(26-34-112)111-30-15-8-16-31-111)23-24-60(56)105-79-57(55)45-114-70(79)39-59-58(89(114)133)46-139-90(134)92(59,6-2)141-78(123)44-101-81(125)61(20-12-14-28-97-74(118)47-138-37-36-136-7-3)103-75(119)48-137-35-29-98-72(116)40-64-84(128)109-67(80(96)124)50-143-144-51-68(110-86(130)66(49-142)102-52(4)115)87(131)107-62(18-9-10-22-71(94)95)82(126)99-42-73(117)104-65(41-77(121)122)85(129)106-63(19-11-13-27-93)83(127)100-43-76(120)113-32-17-21-69(113)88(132)108-64/h23-24,38-39,53,61-69,142H,5-22,25-37,40-51,93H2,1-4H3,(H3,94,95)(H2,96,124)(H,97,118)(H,98,116)(H,99,126)(H,100,127)(H,101,125)(H,102,115)(H,103,119)(H,104,117)(H,106,129)(H,107,131)(H,108,132)(H,109,128)(H,110,130)(H,121,122)/t61-,62?,63?,64?,65?,66?,67?,68?,69?,92-/m0/s1. The minimum atomic E-state index is -2.22. The Hall–Kier alpha value is -12.4. The predicted octanol–water partition coefficient (Wildman–Crippen LogP) is -3.35. The minimum Gasteiger partial charge on any atom is -0.481 e. The second kappa shape index (κ2) is 57.9. The fourth-order valence-corrected chi connectivity index (χ4v) is 20.1. The van der Waals surface area contributed by atoms with Gasteiger partial charge >= 0.3 is 24.0 Å². The van der Waals surface area contributed by atoms with Crippen molar-refractivity contribution in [2.24, 2.45) is 17.2 Å². The molecular formula is C92H134N22O27S3. The average molecular weight is 2080 g/mol. The number of benzene rings is 1. The lowest BCUT2D eigenvalue weighted by Gasteiger charge is -2.39. The van der Waals surface area contributed by atoms with Crippen LogP contribution in [-0.2, 0) is 135 Å². The van der Waals surface area contributed by atoms with Gasteiger partial charge in [0.25, 0.3) is 5.56 Å². The normalized spacial score (nSPS) is 21.3. The summed E-state index contributed by atoms with van der Waals surface area (Å²) in [5.41, 5.74) is 17.3. The molecule has 8 unspecified atom stereocenters. The molecule has 1 aromatic carbocycles. The highest BCUT2D eigenvalue weighted by Crippen LogP contribution is 2.43. The maximum absolute atomic E-state index is 14.8. The number of amidine groups is 1. The maximum atomic E-state index is 14.8. The van der Waals surface area contributed by atoms with Crippen LogP contribution in [0.15, 0.2) is 29.1 Å². The fourth-order valence-electron chi connectivity index (χ4n) is 17.5. The molecule has 8 heterocycles. The van der Waals surface area contributed by atoms with Crippen molar-refractivity contribution in [2.75, 3.05) is 129 Å². The van der Waals surface area contributed by atoms with E-state index in [2.05, 4.69) is 86.6 Å². The van der Waals surface area contributed by atoms with Gasteiger partial charge in [-0.05, 0) is 159 Å². The summed E-state index contributed by atoms with van der Waals surface area (Å²) in [4.78, 5) is 287. The first kappa shape index (κ1) is 115. The quantitative estimate of drug-likeness (QED) is 0.00514. The number of ether oxygens (including phenoxy) is 6. The van der Waals surface area contributed by atoms with Crippen molar-refractivity contribution in [1.82, 2.24) is 93.4 Å². The number of carboxylic acids is 1. The van der Waals surface area contributed by atoms with Crippen LogP contribution in [0.5, 0.6) is 5.75 Å². The molecule has 10 atom stereocenters. The lowest BCUT2D eigenvalue weighted by Crippen LogP contribution is -2.58. The Bertz CT molecular complexity index is 5200. The first-order chi connectivity index (χ1) is 69.0. The van der Waals surface area contributed by atoms with Crippen LogP contribution >= 0.6 is 34.2 Å². The molecule has 0 radical (unpaired) electrons. The predicted molar refractivity (Wildman–Crippen MR) is 525 cm³/mol. The number of rotatable bonds is 43. The highest BCUT2D eigenvalue weighted by atomic mass is 33.1. The molecule has 21 N–H and O–H groups in total. The number of esters is 2. The number of carbonyl (C=O) groups excluding carboxylic acids is 18. The molecule has 3 aromatic rings. The number of hydrogen-bond donors (Lipinski definition) is 19. The number of nitrogens with one attached hydrogen (secondary N) is 14. The molecule has 0 bridgehead atoms. The second-order valence-electron chi connectivity index (χ2n) is 35.4. The van der Waals surface area contributed by atoms with Gasteiger partial charge in [0, 0.05) is 92.5 Å². The summed E-state index contributed by atoms with van der Waals surface area (Å²) < 4.78 is 35.4. The highest BCUT2D eigenvalue weighted by molar-refractivity contribution is 8.76. The van der Waals surface area contributed by atoms with E-state index in [-0.39, 0.29) is 146 Å². The van der Waals surface area contributed by atoms with Crippen molar-refractivity contribution >= 4 is 164 Å². The van der Waals surface area contributed by atoms with Crippen molar-refractivity contribution in [3.8, 4) is 17.1 Å². The molecule has 9 rings (SSSR count). The molecule has 16 amide bonds. The van der Waals surface area contributed by atoms with Gasteiger partial charge in [-0.1, -0.05) is 48.3 Å². The number of pyridine rings is 2. The van der Waals surface area contributed by atoms with Crippen LogP contribution in [-0.4, -0.2) is 337 Å². The number of likely N-dealkylation sites (tertiary alicyclic amines) is 2. The Morgan fingerprint density at radius 1 is 0.667 bits per heavy atom. The molecule has 0 spiro atoms. The van der Waals surface area contributed by atoms with E-state index in [0.717, 1.165) is 64.9 Å². The van der Waals surface area contributed by atoms with Crippen LogP contribution in [0.2, 0.25) is 0 Å². The molecule has 2 aromatic heterocycles. The van der Waals surface area contributed by atoms with Crippen molar-refractivity contribution < 1.29 is 125 Å². The lowest BCUT2D eigenvalue weighted by atomic mass is 9.85. The van der Waals surface area contributed by atoms with Gasteiger partial charge in [-0.2, -0.15) is 12.6 Å². The molecule has 144 heavy (non-hydrogen) atoms. The van der Waals surface area contributed by atoms with Crippen LogP contribution in [0.3, 0.4) is 0 Å². The van der Waals surface area contributed by atoms with Crippen LogP contribution in [0, 0.1) is 5.41 Å². The zero-order chi connectivity index (χ0) is 105. The molecule has 4 fully saturated rings. The molecule has 0 aliphatic carbocycles. The van der Waals surface area contributed by atoms with E-state index in [4.69, 9.17) is 56.0 Å². The summed E-state index contributed by atoms with van der Waals surface area (Å²) in [6.45, 7) is 5.85. The van der Waals surface area contributed by atoms with E-state index in [9.17, 15) is 101 Å². The van der Waals surface area contributed by atoms with Crippen LogP contribution in [0.25, 0.3) is 22.3 Å². The monoisotopic (exact) mass is 2070 g/mol. The van der Waals surface area contributed by atoms with Crippen LogP contribution in [0.1, 0.15) is 178 Å². The molecule has 4 saturated heterocycles. The Morgan fingerprint density at radius 2 is 1.33 bits per heavy atom. The molecule has 6 aliphatic rings. The summed E-state index contributed by atoms with van der Waals surface area (Å²) >= 11 is 4.17. The summed E-state index contributed by atoms with van der Waals surface area (Å²) in [5.74, 6) is -19.1. The van der Waals surface area contributed by atoms with Crippen molar-refractivity contribution in [1.29, 1.82) is 5.41 Å². The summed E-state index contributed by atoms with van der Waals surface area (Å²) in [5, 5.41) is 50.2. The van der Waals surface area contributed by atoms with E-state index < -0.39 is 248 Å². The third-order valence-corrected chi connectivity index (χ3v) is 27.8. The molecule has 0 saturated carbocycles. The van der Waals surface area contributed by atoms with E-state index in [1.165, 1.54) is 23.8 Å². The first-order valence-corrected chi connectivity index (χ1v) is 51.6. The van der Waals surface area contributed by atoms with Gasteiger partial charge in [-0.25, -0.2) is 14.6 Å². The summed E-state index contributed by atoms with van der Waals surface area (Å²) in [6, 6.07) is -7.04. The molecule has 49 nitrogen and oxygen atoms in total. The van der Waals surface area contributed by atoms with E-state index in [0.29, 0.717) is 72.2 Å². The number of aryl methyl sites for hydroxylation is 1.